The van der Waals surface area contributed by atoms with Crippen LogP contribution in [0.3, 0.4) is 0 Å². The Balaban J connectivity index is 2.53. The summed E-state index contributed by atoms with van der Waals surface area (Å²) in [6.07, 6.45) is 1.66. The van der Waals surface area contributed by atoms with Crippen LogP contribution in [0, 0.1) is 0 Å². The van der Waals surface area contributed by atoms with E-state index in [-0.39, 0.29) is 11.9 Å². The first-order chi connectivity index (χ1) is 6.25. The number of hydrogen-bond acceptors (Lipinski definition) is 7. The van der Waals surface area contributed by atoms with Crippen LogP contribution in [-0.2, 0) is 0 Å². The molecule has 0 amide bonds. The Hall–Kier alpha value is -1.76. The average Bonchev–Trinajstić information content (AvgIpc) is 2.53. The summed E-state index contributed by atoms with van der Waals surface area (Å²) in [5, 5.41) is 2.51. The standard InChI is InChI=1S/C6H6N6S/c7-5-10-3(11-6(8)12-5)4-9-1-2-13-4/h1-2H,(H4,7,8,10,11,12). The fourth-order valence-electron chi connectivity index (χ4n) is 0.839. The van der Waals surface area contributed by atoms with E-state index in [1.807, 2.05) is 5.38 Å². The van der Waals surface area contributed by atoms with E-state index >= 15 is 0 Å². The van der Waals surface area contributed by atoms with Crippen LogP contribution in [0.2, 0.25) is 0 Å². The average molecular weight is 194 g/mol. The van der Waals surface area contributed by atoms with Gasteiger partial charge in [0, 0.05) is 11.6 Å². The molecular weight excluding hydrogens is 188 g/mol. The number of aromatic nitrogens is 4. The molecule has 0 bridgehead atoms. The van der Waals surface area contributed by atoms with Gasteiger partial charge < -0.3 is 11.5 Å². The minimum Gasteiger partial charge on any atom is -0.368 e. The van der Waals surface area contributed by atoms with E-state index < -0.39 is 0 Å². The third kappa shape index (κ3) is 1.54. The Morgan fingerprint density at radius 2 is 1.77 bits per heavy atom. The molecule has 0 aliphatic carbocycles. The topological polar surface area (TPSA) is 104 Å². The zero-order valence-corrected chi connectivity index (χ0v) is 7.32. The van der Waals surface area contributed by atoms with E-state index in [0.29, 0.717) is 10.8 Å². The Labute approximate surface area is 77.7 Å². The molecule has 0 aliphatic rings. The molecule has 7 heteroatoms. The van der Waals surface area contributed by atoms with Crippen LogP contribution in [0.5, 0.6) is 0 Å². The smallest absolute Gasteiger partial charge is 0.225 e. The van der Waals surface area contributed by atoms with Crippen LogP contribution in [0.1, 0.15) is 0 Å². The molecular formula is C6H6N6S. The van der Waals surface area contributed by atoms with Gasteiger partial charge in [-0.15, -0.1) is 11.3 Å². The lowest BCUT2D eigenvalue weighted by Crippen LogP contribution is -2.03. The summed E-state index contributed by atoms with van der Waals surface area (Å²) < 4.78 is 0. The van der Waals surface area contributed by atoms with Gasteiger partial charge in [-0.25, -0.2) is 4.98 Å². The van der Waals surface area contributed by atoms with E-state index in [0.717, 1.165) is 0 Å². The van der Waals surface area contributed by atoms with Gasteiger partial charge in [0.15, 0.2) is 10.8 Å². The van der Waals surface area contributed by atoms with Crippen LogP contribution >= 0.6 is 11.3 Å². The highest BCUT2D eigenvalue weighted by molar-refractivity contribution is 7.13. The van der Waals surface area contributed by atoms with Crippen molar-refractivity contribution in [3.05, 3.63) is 11.6 Å². The highest BCUT2D eigenvalue weighted by atomic mass is 32.1. The van der Waals surface area contributed by atoms with Crippen LogP contribution in [0.4, 0.5) is 11.9 Å². The highest BCUT2D eigenvalue weighted by Gasteiger charge is 2.06. The van der Waals surface area contributed by atoms with Gasteiger partial charge in [0.25, 0.3) is 0 Å². The van der Waals surface area contributed by atoms with Crippen molar-refractivity contribution in [1.82, 2.24) is 19.9 Å². The molecule has 0 aliphatic heterocycles. The number of thiazole rings is 1. The van der Waals surface area contributed by atoms with Gasteiger partial charge in [-0.05, 0) is 0 Å². The third-order valence-electron chi connectivity index (χ3n) is 1.29. The van der Waals surface area contributed by atoms with Gasteiger partial charge in [-0.3, -0.25) is 0 Å². The van der Waals surface area contributed by atoms with Crippen molar-refractivity contribution in [2.24, 2.45) is 0 Å². The normalized spacial score (nSPS) is 10.2. The molecule has 0 aromatic carbocycles. The molecule has 0 saturated carbocycles. The SMILES string of the molecule is Nc1nc(N)nc(-c2nccs2)n1. The van der Waals surface area contributed by atoms with Crippen molar-refractivity contribution in [1.29, 1.82) is 0 Å². The number of hydrogen-bond donors (Lipinski definition) is 2. The van der Waals surface area contributed by atoms with E-state index in [9.17, 15) is 0 Å². The van der Waals surface area contributed by atoms with Crippen molar-refractivity contribution in [3.63, 3.8) is 0 Å². The van der Waals surface area contributed by atoms with Crippen LogP contribution in [0.25, 0.3) is 10.8 Å². The maximum absolute atomic E-state index is 5.40. The largest absolute Gasteiger partial charge is 0.368 e. The molecule has 2 rings (SSSR count). The first-order valence-electron chi connectivity index (χ1n) is 3.42. The van der Waals surface area contributed by atoms with Gasteiger partial charge in [0.1, 0.15) is 0 Å². The minimum atomic E-state index is 0.109. The monoisotopic (exact) mass is 194 g/mol. The zero-order chi connectivity index (χ0) is 9.26. The summed E-state index contributed by atoms with van der Waals surface area (Å²) in [5.41, 5.74) is 10.8. The molecule has 0 spiro atoms. The van der Waals surface area contributed by atoms with Crippen molar-refractivity contribution < 1.29 is 0 Å². The van der Waals surface area contributed by atoms with Crippen LogP contribution in [0.15, 0.2) is 11.6 Å². The Kier molecular flexibility index (Phi) is 1.78. The van der Waals surface area contributed by atoms with Crippen molar-refractivity contribution in [3.8, 4) is 10.8 Å². The summed E-state index contributed by atoms with van der Waals surface area (Å²) in [6.45, 7) is 0. The Morgan fingerprint density at radius 1 is 1.08 bits per heavy atom. The molecule has 0 saturated heterocycles. The summed E-state index contributed by atoms with van der Waals surface area (Å²) >= 11 is 1.42. The van der Waals surface area contributed by atoms with Gasteiger partial charge in [0.05, 0.1) is 0 Å². The quantitative estimate of drug-likeness (QED) is 0.670. The zero-order valence-electron chi connectivity index (χ0n) is 6.51. The number of anilines is 2. The van der Waals surface area contributed by atoms with Gasteiger partial charge in [-0.2, -0.15) is 15.0 Å². The maximum atomic E-state index is 5.40. The van der Waals surface area contributed by atoms with Crippen LogP contribution in [-0.4, -0.2) is 19.9 Å². The summed E-state index contributed by atoms with van der Waals surface area (Å²) in [4.78, 5) is 15.5. The van der Waals surface area contributed by atoms with Crippen LogP contribution < -0.4 is 11.5 Å². The first kappa shape index (κ1) is 7.87. The summed E-state index contributed by atoms with van der Waals surface area (Å²) in [5.74, 6) is 0.635. The second kappa shape index (κ2) is 2.94. The molecule has 66 valence electrons. The fourth-order valence-corrected chi connectivity index (χ4v) is 1.41. The second-order valence-corrected chi connectivity index (χ2v) is 3.11. The van der Waals surface area contributed by atoms with E-state index in [2.05, 4.69) is 19.9 Å². The van der Waals surface area contributed by atoms with Crippen molar-refractivity contribution in [2.75, 3.05) is 11.5 Å². The predicted octanol–water partition coefficient (Wildman–Crippen LogP) is 0.159. The fraction of sp³-hybridized carbons (Fsp3) is 0. The molecule has 0 unspecified atom stereocenters. The molecule has 0 fully saturated rings. The van der Waals surface area contributed by atoms with E-state index in [4.69, 9.17) is 11.5 Å². The molecule has 2 aromatic rings. The second-order valence-electron chi connectivity index (χ2n) is 2.21. The molecule has 0 atom stereocenters. The summed E-state index contributed by atoms with van der Waals surface area (Å²) in [6, 6.07) is 0. The maximum Gasteiger partial charge on any atom is 0.225 e. The van der Waals surface area contributed by atoms with Crippen molar-refractivity contribution in [2.45, 2.75) is 0 Å². The van der Waals surface area contributed by atoms with Crippen molar-refractivity contribution >= 4 is 23.2 Å². The molecule has 0 radical (unpaired) electrons. The molecule has 2 aromatic heterocycles. The lowest BCUT2D eigenvalue weighted by Gasteiger charge is -1.97. The lowest BCUT2D eigenvalue weighted by atomic mass is 10.6. The van der Waals surface area contributed by atoms with Gasteiger partial charge in [-0.1, -0.05) is 0 Å². The molecule has 2 heterocycles. The van der Waals surface area contributed by atoms with E-state index in [1.165, 1.54) is 11.3 Å². The summed E-state index contributed by atoms with van der Waals surface area (Å²) in [7, 11) is 0. The Bertz CT molecular complexity index is 391. The van der Waals surface area contributed by atoms with Gasteiger partial charge >= 0.3 is 0 Å². The number of nitrogens with zero attached hydrogens (tertiary/aromatic N) is 4. The van der Waals surface area contributed by atoms with Gasteiger partial charge in [0.2, 0.25) is 11.9 Å². The third-order valence-corrected chi connectivity index (χ3v) is 2.06. The molecule has 13 heavy (non-hydrogen) atoms. The molecule has 4 N–H and O–H groups in total. The number of nitrogens with two attached hydrogens (primary N) is 2. The van der Waals surface area contributed by atoms with E-state index in [1.54, 1.807) is 6.20 Å². The molecule has 6 nitrogen and oxygen atoms in total. The Morgan fingerprint density at radius 3 is 2.31 bits per heavy atom. The highest BCUT2D eigenvalue weighted by Crippen LogP contribution is 2.17. The first-order valence-corrected chi connectivity index (χ1v) is 4.30. The lowest BCUT2D eigenvalue weighted by molar-refractivity contribution is 1.08. The number of nitrogen functional groups attached to an aromatic ring is 2. The minimum absolute atomic E-state index is 0.109. The number of rotatable bonds is 1. The predicted molar refractivity (Wildman–Crippen MR) is 49.8 cm³/mol.